The first-order chi connectivity index (χ1) is 14.1. The number of fused-ring (bicyclic) bond motifs is 5. The maximum Gasteiger partial charge on any atom is 0.222 e. The molecule has 0 unspecified atom stereocenters. The van der Waals surface area contributed by atoms with E-state index in [1.165, 1.54) is 51.4 Å². The Balaban J connectivity index is 1.33. The number of carbonyl (C=O) groups is 1. The van der Waals surface area contributed by atoms with E-state index in [0.29, 0.717) is 28.7 Å². The highest BCUT2D eigenvalue weighted by Gasteiger charge is 2.60. The number of piperidine rings is 1. The van der Waals surface area contributed by atoms with Crippen molar-refractivity contribution in [2.24, 2.45) is 40.4 Å². The van der Waals surface area contributed by atoms with Crippen molar-refractivity contribution in [1.29, 1.82) is 0 Å². The molecule has 1 N–H and O–H groups in total. The maximum absolute atomic E-state index is 12.6. The minimum Gasteiger partial charge on any atom is -0.390 e. The van der Waals surface area contributed by atoms with Gasteiger partial charge in [0.2, 0.25) is 5.91 Å². The Labute approximate surface area is 184 Å². The van der Waals surface area contributed by atoms with Gasteiger partial charge in [0.25, 0.3) is 0 Å². The summed E-state index contributed by atoms with van der Waals surface area (Å²) in [7, 11) is 0. The molecule has 170 valence electrons. The van der Waals surface area contributed by atoms with Crippen LogP contribution >= 0.6 is 0 Å². The fourth-order valence-corrected chi connectivity index (χ4v) is 9.66. The Hall–Kier alpha value is -0.570. The molecular formula is C27H45NO2. The highest BCUT2D eigenvalue weighted by molar-refractivity contribution is 5.77. The normalized spacial score (nSPS) is 53.8. The summed E-state index contributed by atoms with van der Waals surface area (Å²) in [5.74, 6) is 4.58. The van der Waals surface area contributed by atoms with Gasteiger partial charge in [-0.1, -0.05) is 13.8 Å². The summed E-state index contributed by atoms with van der Waals surface area (Å²) < 4.78 is 0. The number of hydrogen-bond donors (Lipinski definition) is 1. The topological polar surface area (TPSA) is 40.5 Å². The third-order valence-corrected chi connectivity index (χ3v) is 11.2. The number of rotatable bonds is 2. The van der Waals surface area contributed by atoms with E-state index in [0.717, 1.165) is 55.9 Å². The van der Waals surface area contributed by atoms with Crippen molar-refractivity contribution in [2.75, 3.05) is 6.54 Å². The molecule has 1 aliphatic heterocycles. The van der Waals surface area contributed by atoms with Gasteiger partial charge in [-0.3, -0.25) is 4.79 Å². The predicted octanol–water partition coefficient (Wildman–Crippen LogP) is 5.80. The van der Waals surface area contributed by atoms with Crippen LogP contribution in [0.25, 0.3) is 0 Å². The van der Waals surface area contributed by atoms with Crippen molar-refractivity contribution < 1.29 is 9.90 Å². The lowest BCUT2D eigenvalue weighted by molar-refractivity contribution is -0.144. The fraction of sp³-hybridized carbons (Fsp3) is 0.963. The molecule has 0 spiro atoms. The molecule has 4 aliphatic carbocycles. The zero-order valence-electron chi connectivity index (χ0n) is 20.0. The molecule has 0 bridgehead atoms. The van der Waals surface area contributed by atoms with E-state index in [9.17, 15) is 9.90 Å². The van der Waals surface area contributed by atoms with Crippen LogP contribution in [0, 0.1) is 40.4 Å². The van der Waals surface area contributed by atoms with E-state index >= 15 is 0 Å². The predicted molar refractivity (Wildman–Crippen MR) is 121 cm³/mol. The van der Waals surface area contributed by atoms with E-state index in [1.54, 1.807) is 0 Å². The highest BCUT2D eigenvalue weighted by atomic mass is 16.3. The third kappa shape index (κ3) is 3.28. The van der Waals surface area contributed by atoms with Crippen LogP contribution in [0.15, 0.2) is 0 Å². The largest absolute Gasteiger partial charge is 0.390 e. The van der Waals surface area contributed by atoms with Gasteiger partial charge in [0.15, 0.2) is 0 Å². The van der Waals surface area contributed by atoms with Crippen molar-refractivity contribution >= 4 is 5.91 Å². The van der Waals surface area contributed by atoms with Gasteiger partial charge in [0, 0.05) is 19.0 Å². The van der Waals surface area contributed by atoms with Gasteiger partial charge in [0.05, 0.1) is 5.60 Å². The second-order valence-corrected chi connectivity index (χ2v) is 13.1. The zero-order valence-corrected chi connectivity index (χ0v) is 20.0. The van der Waals surface area contributed by atoms with Crippen molar-refractivity contribution in [3.63, 3.8) is 0 Å². The molecular weight excluding hydrogens is 370 g/mol. The Morgan fingerprint density at radius 2 is 1.67 bits per heavy atom. The molecule has 30 heavy (non-hydrogen) atoms. The van der Waals surface area contributed by atoms with Crippen LogP contribution in [0.1, 0.15) is 105 Å². The summed E-state index contributed by atoms with van der Waals surface area (Å²) in [4.78, 5) is 14.9. The van der Waals surface area contributed by atoms with Crippen LogP contribution in [-0.2, 0) is 4.79 Å². The smallest absolute Gasteiger partial charge is 0.222 e. The Morgan fingerprint density at radius 3 is 2.43 bits per heavy atom. The molecule has 1 saturated heterocycles. The van der Waals surface area contributed by atoms with Crippen LogP contribution in [-0.4, -0.2) is 34.1 Å². The second kappa shape index (κ2) is 7.22. The number of carbonyl (C=O) groups excluding carboxylic acids is 1. The highest BCUT2D eigenvalue weighted by Crippen LogP contribution is 2.67. The van der Waals surface area contributed by atoms with Gasteiger partial charge >= 0.3 is 0 Å². The Morgan fingerprint density at radius 1 is 0.933 bits per heavy atom. The fourth-order valence-electron chi connectivity index (χ4n) is 9.66. The van der Waals surface area contributed by atoms with Gasteiger partial charge < -0.3 is 10.0 Å². The molecule has 3 heteroatoms. The minimum absolute atomic E-state index is 0.352. The van der Waals surface area contributed by atoms with Gasteiger partial charge in [0.1, 0.15) is 0 Å². The van der Waals surface area contributed by atoms with Gasteiger partial charge in [-0.25, -0.2) is 0 Å². The molecule has 0 aromatic carbocycles. The molecule has 5 rings (SSSR count). The van der Waals surface area contributed by atoms with Crippen molar-refractivity contribution in [3.05, 3.63) is 0 Å². The van der Waals surface area contributed by atoms with E-state index in [2.05, 4.69) is 32.6 Å². The van der Waals surface area contributed by atoms with Crippen LogP contribution in [0.3, 0.4) is 0 Å². The summed E-state index contributed by atoms with van der Waals surface area (Å²) in [5.41, 5.74) is 0.341. The molecule has 9 atom stereocenters. The third-order valence-electron chi connectivity index (χ3n) is 11.2. The average Bonchev–Trinajstić information content (AvgIpc) is 2.99. The SMILES string of the molecule is C[C@H]1CCCC(=O)N1C[C@H]1CC[C@H]2[C@@H]3CC[C@]4(C)C[C@](C)(O)CC[C@@H]4[C@H]3CC[C@]12C. The summed E-state index contributed by atoms with van der Waals surface area (Å²) >= 11 is 0. The molecule has 0 aromatic heterocycles. The first-order valence-electron chi connectivity index (χ1n) is 13.1. The van der Waals surface area contributed by atoms with Gasteiger partial charge in [-0.05, 0) is 125 Å². The van der Waals surface area contributed by atoms with E-state index < -0.39 is 5.60 Å². The van der Waals surface area contributed by atoms with Crippen molar-refractivity contribution in [3.8, 4) is 0 Å². The summed E-state index contributed by atoms with van der Waals surface area (Å²) in [6.45, 7) is 10.5. The number of amides is 1. The van der Waals surface area contributed by atoms with Crippen molar-refractivity contribution in [1.82, 2.24) is 4.90 Å². The number of nitrogens with zero attached hydrogens (tertiary/aromatic N) is 1. The van der Waals surface area contributed by atoms with Gasteiger partial charge in [-0.2, -0.15) is 0 Å². The first kappa shape index (κ1) is 21.3. The molecule has 4 saturated carbocycles. The average molecular weight is 416 g/mol. The van der Waals surface area contributed by atoms with Crippen molar-refractivity contribution in [2.45, 2.75) is 116 Å². The lowest BCUT2D eigenvalue weighted by Gasteiger charge is -2.61. The maximum atomic E-state index is 12.6. The zero-order chi connectivity index (χ0) is 21.3. The van der Waals surface area contributed by atoms with Crippen LogP contribution < -0.4 is 0 Å². The molecule has 5 aliphatic rings. The Bertz CT molecular complexity index is 688. The summed E-state index contributed by atoms with van der Waals surface area (Å²) in [5, 5.41) is 10.8. The minimum atomic E-state index is -0.447. The lowest BCUT2D eigenvalue weighted by atomic mass is 9.45. The molecule has 1 amide bonds. The van der Waals surface area contributed by atoms with E-state index in [1.807, 2.05) is 0 Å². The Kier molecular flexibility index (Phi) is 5.12. The standard InChI is InChI=1S/C27H45NO2/c1-18-6-5-7-24(29)28(18)16-19-8-9-23-21-10-13-25(2)17-26(3,30)14-12-22(25)20(21)11-15-27(19,23)4/h18-23,30H,5-17H2,1-4H3/t18-,19+,20-,21+,22+,23-,25+,26+,27+/m0/s1. The first-order valence-corrected chi connectivity index (χ1v) is 13.1. The summed E-state index contributed by atoms with van der Waals surface area (Å²) in [6.07, 6.45) is 14.4. The van der Waals surface area contributed by atoms with E-state index in [-0.39, 0.29) is 0 Å². The second-order valence-electron chi connectivity index (χ2n) is 13.1. The summed E-state index contributed by atoms with van der Waals surface area (Å²) in [6, 6.07) is 0.440. The monoisotopic (exact) mass is 415 g/mol. The number of hydrogen-bond acceptors (Lipinski definition) is 2. The van der Waals surface area contributed by atoms with Gasteiger partial charge in [-0.15, -0.1) is 0 Å². The quantitative estimate of drug-likeness (QED) is 0.619. The molecule has 0 radical (unpaired) electrons. The lowest BCUT2D eigenvalue weighted by Crippen LogP contribution is -2.55. The number of likely N-dealkylation sites (tertiary alicyclic amines) is 1. The van der Waals surface area contributed by atoms with Crippen LogP contribution in [0.2, 0.25) is 0 Å². The molecule has 1 heterocycles. The molecule has 0 aromatic rings. The molecule has 5 fully saturated rings. The van der Waals surface area contributed by atoms with Crippen LogP contribution in [0.5, 0.6) is 0 Å². The number of aliphatic hydroxyl groups is 1. The van der Waals surface area contributed by atoms with Crippen LogP contribution in [0.4, 0.5) is 0 Å². The van der Waals surface area contributed by atoms with E-state index in [4.69, 9.17) is 0 Å². The molecule has 3 nitrogen and oxygen atoms in total.